The average molecular weight is 330 g/mol. The number of rotatable bonds is 5. The van der Waals surface area contributed by atoms with Crippen molar-refractivity contribution < 1.29 is 4.39 Å². The molecular weight excluding hydrogens is 303 g/mol. The molecule has 1 aliphatic heterocycles. The number of hydrogen-bond donors (Lipinski definition) is 0. The van der Waals surface area contributed by atoms with Gasteiger partial charge in [-0.3, -0.25) is 9.80 Å². The Bertz CT molecular complexity index is 677. The summed E-state index contributed by atoms with van der Waals surface area (Å²) in [6.45, 7) is 10.3. The number of nitrogens with zero attached hydrogens (tertiary/aromatic N) is 4. The zero-order valence-electron chi connectivity index (χ0n) is 15.0. The maximum Gasteiger partial charge on any atom is 0.126 e. The molecule has 0 radical (unpaired) electrons. The summed E-state index contributed by atoms with van der Waals surface area (Å²) < 4.78 is 15.4. The van der Waals surface area contributed by atoms with Gasteiger partial charge in [0.05, 0.1) is 11.7 Å². The maximum atomic E-state index is 13.1. The summed E-state index contributed by atoms with van der Waals surface area (Å²) in [7, 11) is 2.15. The van der Waals surface area contributed by atoms with E-state index in [9.17, 15) is 4.39 Å². The highest BCUT2D eigenvalue weighted by molar-refractivity contribution is 5.17. The summed E-state index contributed by atoms with van der Waals surface area (Å²) >= 11 is 0. The van der Waals surface area contributed by atoms with Crippen LogP contribution >= 0.6 is 0 Å². The van der Waals surface area contributed by atoms with Crippen molar-refractivity contribution in [2.45, 2.75) is 52.5 Å². The Balaban J connectivity index is 1.72. The first-order chi connectivity index (χ1) is 11.5. The third kappa shape index (κ3) is 3.52. The Hall–Kier alpha value is -1.72. The molecule has 1 aliphatic rings. The topological polar surface area (TPSA) is 24.3 Å². The van der Waals surface area contributed by atoms with E-state index < -0.39 is 0 Å². The highest BCUT2D eigenvalue weighted by Crippen LogP contribution is 2.27. The molecule has 0 amide bonds. The largest absolute Gasteiger partial charge is 0.328 e. The van der Waals surface area contributed by atoms with Gasteiger partial charge in [-0.1, -0.05) is 12.1 Å². The summed E-state index contributed by atoms with van der Waals surface area (Å²) in [6, 6.07) is 7.59. The van der Waals surface area contributed by atoms with Gasteiger partial charge in [0.25, 0.3) is 0 Å². The molecule has 1 atom stereocenters. The Morgan fingerprint density at radius 1 is 1.25 bits per heavy atom. The Morgan fingerprint density at radius 3 is 2.62 bits per heavy atom. The first-order valence-electron chi connectivity index (χ1n) is 8.68. The van der Waals surface area contributed by atoms with E-state index in [1.807, 2.05) is 18.3 Å². The second-order valence-electron chi connectivity index (χ2n) is 7.04. The van der Waals surface area contributed by atoms with Crippen LogP contribution in [0.2, 0.25) is 0 Å². The van der Waals surface area contributed by atoms with Crippen molar-refractivity contribution in [3.8, 4) is 0 Å². The quantitative estimate of drug-likeness (QED) is 0.839. The van der Waals surface area contributed by atoms with Gasteiger partial charge in [-0.2, -0.15) is 0 Å². The molecule has 0 fully saturated rings. The molecule has 1 aromatic carbocycles. The normalized spacial score (nSPS) is 18.4. The molecule has 0 unspecified atom stereocenters. The second-order valence-corrected chi connectivity index (χ2v) is 7.04. The molecule has 2 aromatic rings. The third-order valence-corrected chi connectivity index (χ3v) is 5.09. The Labute approximate surface area is 143 Å². The standard InChI is InChI=1S/C19H27FN4/c1-14(2)22(4)13-18-11-21-19-15(3)23(9-10-24(18)19)12-16-5-7-17(20)8-6-16/h5-8,11,14-15H,9-10,12-13H2,1-4H3/t15-/m0/s1. The van der Waals surface area contributed by atoms with Crippen LogP contribution in [0.5, 0.6) is 0 Å². The number of benzene rings is 1. The summed E-state index contributed by atoms with van der Waals surface area (Å²) in [4.78, 5) is 9.43. The molecule has 0 saturated heterocycles. The van der Waals surface area contributed by atoms with Crippen molar-refractivity contribution >= 4 is 0 Å². The zero-order valence-corrected chi connectivity index (χ0v) is 15.0. The molecular formula is C19H27FN4. The van der Waals surface area contributed by atoms with Crippen LogP contribution in [0.15, 0.2) is 30.5 Å². The van der Waals surface area contributed by atoms with E-state index in [-0.39, 0.29) is 11.9 Å². The van der Waals surface area contributed by atoms with Crippen molar-refractivity contribution in [3.05, 3.63) is 53.4 Å². The van der Waals surface area contributed by atoms with Gasteiger partial charge in [0.15, 0.2) is 0 Å². The fraction of sp³-hybridized carbons (Fsp3) is 0.526. The molecule has 4 nitrogen and oxygen atoms in total. The summed E-state index contributed by atoms with van der Waals surface area (Å²) in [5.41, 5.74) is 2.43. The average Bonchev–Trinajstić information content (AvgIpc) is 2.95. The molecule has 2 heterocycles. The van der Waals surface area contributed by atoms with E-state index in [1.165, 1.54) is 17.8 Å². The number of halogens is 1. The fourth-order valence-electron chi connectivity index (χ4n) is 3.21. The number of imidazole rings is 1. The minimum atomic E-state index is -0.181. The molecule has 24 heavy (non-hydrogen) atoms. The van der Waals surface area contributed by atoms with Gasteiger partial charge < -0.3 is 4.57 Å². The van der Waals surface area contributed by atoms with Crippen molar-refractivity contribution in [2.24, 2.45) is 0 Å². The maximum absolute atomic E-state index is 13.1. The van der Waals surface area contributed by atoms with Gasteiger partial charge in [0, 0.05) is 38.4 Å². The Morgan fingerprint density at radius 2 is 1.96 bits per heavy atom. The summed E-state index contributed by atoms with van der Waals surface area (Å²) in [5, 5.41) is 0. The SMILES string of the molecule is CC(C)N(C)Cc1cnc2n1CCN(Cc1ccc(F)cc1)[C@H]2C. The van der Waals surface area contributed by atoms with Gasteiger partial charge in [0.2, 0.25) is 0 Å². The first-order valence-corrected chi connectivity index (χ1v) is 8.68. The number of fused-ring (bicyclic) bond motifs is 1. The van der Waals surface area contributed by atoms with Crippen LogP contribution in [0.4, 0.5) is 4.39 Å². The van der Waals surface area contributed by atoms with E-state index in [0.717, 1.165) is 37.6 Å². The van der Waals surface area contributed by atoms with Crippen LogP contribution in [0.1, 0.15) is 43.9 Å². The molecule has 0 N–H and O–H groups in total. The van der Waals surface area contributed by atoms with E-state index in [4.69, 9.17) is 4.98 Å². The lowest BCUT2D eigenvalue weighted by atomic mass is 10.1. The molecule has 0 spiro atoms. The van der Waals surface area contributed by atoms with Gasteiger partial charge in [0.1, 0.15) is 11.6 Å². The van der Waals surface area contributed by atoms with Crippen molar-refractivity contribution in [3.63, 3.8) is 0 Å². The molecule has 5 heteroatoms. The van der Waals surface area contributed by atoms with Crippen LogP contribution in [0, 0.1) is 5.82 Å². The van der Waals surface area contributed by atoms with Gasteiger partial charge in [-0.25, -0.2) is 9.37 Å². The van der Waals surface area contributed by atoms with Crippen LogP contribution in [0.3, 0.4) is 0 Å². The molecule has 0 bridgehead atoms. The summed E-state index contributed by atoms with van der Waals surface area (Å²) in [6.07, 6.45) is 2.02. The van der Waals surface area contributed by atoms with Crippen LogP contribution in [-0.4, -0.2) is 39.0 Å². The first kappa shape index (κ1) is 17.1. The smallest absolute Gasteiger partial charge is 0.126 e. The van der Waals surface area contributed by atoms with Crippen molar-refractivity contribution in [2.75, 3.05) is 13.6 Å². The Kier molecular flexibility index (Phi) is 5.01. The lowest BCUT2D eigenvalue weighted by Crippen LogP contribution is -2.37. The van der Waals surface area contributed by atoms with Gasteiger partial charge in [-0.15, -0.1) is 0 Å². The van der Waals surface area contributed by atoms with E-state index in [0.29, 0.717) is 6.04 Å². The fourth-order valence-corrected chi connectivity index (χ4v) is 3.21. The number of aromatic nitrogens is 2. The van der Waals surface area contributed by atoms with E-state index >= 15 is 0 Å². The highest BCUT2D eigenvalue weighted by atomic mass is 19.1. The molecule has 0 saturated carbocycles. The van der Waals surface area contributed by atoms with E-state index in [1.54, 1.807) is 0 Å². The lowest BCUT2D eigenvalue weighted by Gasteiger charge is -2.35. The van der Waals surface area contributed by atoms with Crippen LogP contribution < -0.4 is 0 Å². The minimum absolute atomic E-state index is 0.181. The predicted molar refractivity (Wildman–Crippen MR) is 94.1 cm³/mol. The van der Waals surface area contributed by atoms with Gasteiger partial charge >= 0.3 is 0 Å². The van der Waals surface area contributed by atoms with Crippen molar-refractivity contribution in [1.29, 1.82) is 0 Å². The second kappa shape index (κ2) is 7.03. The van der Waals surface area contributed by atoms with Gasteiger partial charge in [-0.05, 0) is 45.5 Å². The lowest BCUT2D eigenvalue weighted by molar-refractivity contribution is 0.152. The molecule has 3 rings (SSSR count). The predicted octanol–water partition coefficient (Wildman–Crippen LogP) is 3.44. The summed E-state index contributed by atoms with van der Waals surface area (Å²) in [5.74, 6) is 0.954. The zero-order chi connectivity index (χ0) is 17.3. The monoisotopic (exact) mass is 330 g/mol. The van der Waals surface area contributed by atoms with Crippen LogP contribution in [-0.2, 0) is 19.6 Å². The highest BCUT2D eigenvalue weighted by Gasteiger charge is 2.27. The molecule has 130 valence electrons. The van der Waals surface area contributed by atoms with Crippen LogP contribution in [0.25, 0.3) is 0 Å². The molecule has 0 aliphatic carbocycles. The number of hydrogen-bond acceptors (Lipinski definition) is 3. The third-order valence-electron chi connectivity index (χ3n) is 5.09. The van der Waals surface area contributed by atoms with E-state index in [2.05, 4.69) is 42.2 Å². The minimum Gasteiger partial charge on any atom is -0.328 e. The molecule has 1 aromatic heterocycles. The van der Waals surface area contributed by atoms with Crippen molar-refractivity contribution in [1.82, 2.24) is 19.4 Å².